The summed E-state index contributed by atoms with van der Waals surface area (Å²) in [6, 6.07) is 15.0. The Morgan fingerprint density at radius 1 is 1.09 bits per heavy atom. The molecule has 116 valence electrons. The minimum absolute atomic E-state index is 0.00188. The minimum atomic E-state index is 0.00188. The Morgan fingerprint density at radius 3 is 2.41 bits per heavy atom. The van der Waals surface area contributed by atoms with Gasteiger partial charge in [0.15, 0.2) is 0 Å². The first-order valence-corrected chi connectivity index (χ1v) is 7.19. The van der Waals surface area contributed by atoms with Crippen molar-refractivity contribution in [2.24, 2.45) is 0 Å². The van der Waals surface area contributed by atoms with Crippen LogP contribution in [0.3, 0.4) is 0 Å². The van der Waals surface area contributed by atoms with Crippen LogP contribution in [0.15, 0.2) is 48.5 Å². The van der Waals surface area contributed by atoms with E-state index in [1.807, 2.05) is 55.5 Å². The molecular formula is C18H21NO3. The third-order valence-electron chi connectivity index (χ3n) is 3.37. The van der Waals surface area contributed by atoms with Gasteiger partial charge in [-0.2, -0.15) is 0 Å². The molecule has 0 aliphatic heterocycles. The Bertz CT molecular complexity index is 622. The van der Waals surface area contributed by atoms with E-state index in [1.54, 1.807) is 19.1 Å². The Hall–Kier alpha value is -2.49. The third kappa shape index (κ3) is 4.25. The number of ether oxygens (including phenoxy) is 2. The zero-order chi connectivity index (χ0) is 15.9. The zero-order valence-corrected chi connectivity index (χ0v) is 13.2. The highest BCUT2D eigenvalue weighted by Gasteiger charge is 2.11. The van der Waals surface area contributed by atoms with Crippen LogP contribution in [-0.4, -0.2) is 38.1 Å². The summed E-state index contributed by atoms with van der Waals surface area (Å²) in [5, 5.41) is 0. The molecule has 22 heavy (non-hydrogen) atoms. The number of likely N-dealkylation sites (N-methyl/N-ethyl adjacent to an activating group) is 1. The fraction of sp³-hybridized carbons (Fsp3) is 0.278. The number of carbonyl (C=O) groups excluding carboxylic acids is 1. The molecule has 0 aromatic heterocycles. The number of benzene rings is 2. The van der Waals surface area contributed by atoms with Gasteiger partial charge in [0, 0.05) is 12.6 Å². The molecule has 0 aliphatic carbocycles. The van der Waals surface area contributed by atoms with Crippen LogP contribution in [0.2, 0.25) is 0 Å². The number of carbonyl (C=O) groups is 1. The lowest BCUT2D eigenvalue weighted by molar-refractivity contribution is 0.0773. The molecule has 0 spiro atoms. The van der Waals surface area contributed by atoms with Gasteiger partial charge in [-0.05, 0) is 43.3 Å². The summed E-state index contributed by atoms with van der Waals surface area (Å²) < 4.78 is 10.7. The second-order valence-electron chi connectivity index (χ2n) is 5.12. The van der Waals surface area contributed by atoms with Crippen molar-refractivity contribution in [1.82, 2.24) is 4.90 Å². The molecule has 0 atom stereocenters. The van der Waals surface area contributed by atoms with Crippen LogP contribution in [0.4, 0.5) is 0 Å². The maximum Gasteiger partial charge on any atom is 0.253 e. The highest BCUT2D eigenvalue weighted by atomic mass is 16.5. The highest BCUT2D eigenvalue weighted by molar-refractivity contribution is 5.94. The minimum Gasteiger partial charge on any atom is -0.497 e. The van der Waals surface area contributed by atoms with Gasteiger partial charge in [-0.15, -0.1) is 0 Å². The average Bonchev–Trinajstić information content (AvgIpc) is 2.54. The molecule has 2 rings (SSSR count). The fourth-order valence-electron chi connectivity index (χ4n) is 2.07. The summed E-state index contributed by atoms with van der Waals surface area (Å²) in [7, 11) is 3.41. The first-order valence-electron chi connectivity index (χ1n) is 7.19. The van der Waals surface area contributed by atoms with Crippen LogP contribution in [0.25, 0.3) is 0 Å². The molecule has 0 bridgehead atoms. The quantitative estimate of drug-likeness (QED) is 0.822. The summed E-state index contributed by atoms with van der Waals surface area (Å²) in [4.78, 5) is 13.9. The number of amides is 1. The maximum atomic E-state index is 12.3. The van der Waals surface area contributed by atoms with E-state index in [0.29, 0.717) is 18.7 Å². The van der Waals surface area contributed by atoms with Crippen LogP contribution in [-0.2, 0) is 0 Å². The number of hydrogen-bond acceptors (Lipinski definition) is 3. The number of hydrogen-bond donors (Lipinski definition) is 0. The lowest BCUT2D eigenvalue weighted by Crippen LogP contribution is -2.30. The van der Waals surface area contributed by atoms with Gasteiger partial charge in [0.1, 0.15) is 18.1 Å². The van der Waals surface area contributed by atoms with Gasteiger partial charge in [0.05, 0.1) is 13.7 Å². The number of aryl methyl sites for hydroxylation is 1. The van der Waals surface area contributed by atoms with Crippen LogP contribution < -0.4 is 9.47 Å². The highest BCUT2D eigenvalue weighted by Crippen LogP contribution is 2.17. The number of nitrogens with zero attached hydrogens (tertiary/aromatic N) is 1. The van der Waals surface area contributed by atoms with E-state index in [4.69, 9.17) is 9.47 Å². The van der Waals surface area contributed by atoms with E-state index < -0.39 is 0 Å². The van der Waals surface area contributed by atoms with Crippen molar-refractivity contribution in [3.05, 3.63) is 59.7 Å². The van der Waals surface area contributed by atoms with Crippen LogP contribution >= 0.6 is 0 Å². The van der Waals surface area contributed by atoms with Gasteiger partial charge in [-0.25, -0.2) is 0 Å². The maximum absolute atomic E-state index is 12.3. The molecule has 4 heteroatoms. The van der Waals surface area contributed by atoms with Crippen molar-refractivity contribution in [1.29, 1.82) is 0 Å². The van der Waals surface area contributed by atoms with Gasteiger partial charge >= 0.3 is 0 Å². The Morgan fingerprint density at radius 2 is 1.77 bits per heavy atom. The number of methoxy groups -OCH3 is 1. The van der Waals surface area contributed by atoms with Crippen molar-refractivity contribution in [3.63, 3.8) is 0 Å². The summed E-state index contributed by atoms with van der Waals surface area (Å²) in [5.41, 5.74) is 1.78. The number of rotatable bonds is 6. The van der Waals surface area contributed by atoms with Crippen molar-refractivity contribution in [3.8, 4) is 11.5 Å². The second-order valence-corrected chi connectivity index (χ2v) is 5.12. The Balaban J connectivity index is 1.84. The van der Waals surface area contributed by atoms with Crippen molar-refractivity contribution in [2.45, 2.75) is 6.92 Å². The van der Waals surface area contributed by atoms with Crippen LogP contribution in [0, 0.1) is 6.92 Å². The molecule has 2 aromatic carbocycles. The molecule has 0 aliphatic rings. The SMILES string of the molecule is COc1ccc(OCCN(C)C(=O)c2cccc(C)c2)cc1. The van der Waals surface area contributed by atoms with Crippen LogP contribution in [0.5, 0.6) is 11.5 Å². The first kappa shape index (κ1) is 15.9. The van der Waals surface area contributed by atoms with E-state index in [2.05, 4.69) is 0 Å². The summed E-state index contributed by atoms with van der Waals surface area (Å²) in [6.45, 7) is 2.95. The van der Waals surface area contributed by atoms with Crippen molar-refractivity contribution < 1.29 is 14.3 Å². The molecule has 0 saturated heterocycles. The molecule has 0 radical (unpaired) electrons. The molecular weight excluding hydrogens is 278 g/mol. The van der Waals surface area contributed by atoms with E-state index in [0.717, 1.165) is 17.1 Å². The fourth-order valence-corrected chi connectivity index (χ4v) is 2.07. The van der Waals surface area contributed by atoms with Crippen molar-refractivity contribution >= 4 is 5.91 Å². The Labute approximate surface area is 131 Å². The van der Waals surface area contributed by atoms with Gasteiger partial charge in [-0.1, -0.05) is 17.7 Å². The van der Waals surface area contributed by atoms with Gasteiger partial charge < -0.3 is 14.4 Å². The first-order chi connectivity index (χ1) is 10.6. The summed E-state index contributed by atoms with van der Waals surface area (Å²) >= 11 is 0. The second kappa shape index (κ2) is 7.50. The molecule has 4 nitrogen and oxygen atoms in total. The predicted molar refractivity (Wildman–Crippen MR) is 86.6 cm³/mol. The van der Waals surface area contributed by atoms with Crippen LogP contribution in [0.1, 0.15) is 15.9 Å². The van der Waals surface area contributed by atoms with E-state index in [-0.39, 0.29) is 5.91 Å². The van der Waals surface area contributed by atoms with Gasteiger partial charge in [0.25, 0.3) is 5.91 Å². The largest absolute Gasteiger partial charge is 0.497 e. The predicted octanol–water partition coefficient (Wildman–Crippen LogP) is 3.15. The van der Waals surface area contributed by atoms with Gasteiger partial charge in [0.2, 0.25) is 0 Å². The lowest BCUT2D eigenvalue weighted by Gasteiger charge is -2.18. The molecule has 2 aromatic rings. The summed E-state index contributed by atoms with van der Waals surface area (Å²) in [6.07, 6.45) is 0. The topological polar surface area (TPSA) is 38.8 Å². The normalized spacial score (nSPS) is 10.1. The third-order valence-corrected chi connectivity index (χ3v) is 3.37. The molecule has 0 saturated carbocycles. The van der Waals surface area contributed by atoms with E-state index >= 15 is 0 Å². The van der Waals surface area contributed by atoms with E-state index in [1.165, 1.54) is 0 Å². The molecule has 0 unspecified atom stereocenters. The molecule has 0 fully saturated rings. The zero-order valence-electron chi connectivity index (χ0n) is 13.2. The summed E-state index contributed by atoms with van der Waals surface area (Å²) in [5.74, 6) is 1.55. The Kier molecular flexibility index (Phi) is 5.42. The average molecular weight is 299 g/mol. The smallest absolute Gasteiger partial charge is 0.253 e. The lowest BCUT2D eigenvalue weighted by atomic mass is 10.1. The molecule has 0 N–H and O–H groups in total. The molecule has 1 amide bonds. The van der Waals surface area contributed by atoms with Crippen molar-refractivity contribution in [2.75, 3.05) is 27.3 Å². The van der Waals surface area contributed by atoms with E-state index in [9.17, 15) is 4.79 Å². The standard InChI is InChI=1S/C18H21NO3/c1-14-5-4-6-15(13-14)18(20)19(2)11-12-22-17-9-7-16(21-3)8-10-17/h4-10,13H,11-12H2,1-3H3. The molecule has 0 heterocycles. The monoisotopic (exact) mass is 299 g/mol. The van der Waals surface area contributed by atoms with Gasteiger partial charge in [-0.3, -0.25) is 4.79 Å².